The Bertz CT molecular complexity index is 260. The number of anilines is 1. The van der Waals surface area contributed by atoms with E-state index >= 15 is 0 Å². The van der Waals surface area contributed by atoms with Crippen LogP contribution in [0.2, 0.25) is 0 Å². The highest BCUT2D eigenvalue weighted by molar-refractivity contribution is 9.10. The number of rotatable bonds is 1. The maximum atomic E-state index is 12.6. The van der Waals surface area contributed by atoms with Gasteiger partial charge in [-0.2, -0.15) is 0 Å². The van der Waals surface area contributed by atoms with E-state index in [0.29, 0.717) is 0 Å². The number of hydrogen-bond acceptors (Lipinski definition) is 1. The molecular formula is C8H9BrFN. The highest BCUT2D eigenvalue weighted by Crippen LogP contribution is 2.24. The SMILES string of the molecule is CN(C)c1ccc(F)cc1Br. The summed E-state index contributed by atoms with van der Waals surface area (Å²) in [4.78, 5) is 1.92. The summed E-state index contributed by atoms with van der Waals surface area (Å²) in [5.41, 5.74) is 0.978. The van der Waals surface area contributed by atoms with Crippen LogP contribution in [0, 0.1) is 5.82 Å². The van der Waals surface area contributed by atoms with E-state index in [1.165, 1.54) is 12.1 Å². The Morgan fingerprint density at radius 2 is 2.00 bits per heavy atom. The van der Waals surface area contributed by atoms with E-state index in [0.717, 1.165) is 10.2 Å². The van der Waals surface area contributed by atoms with Crippen LogP contribution in [0.4, 0.5) is 10.1 Å². The topological polar surface area (TPSA) is 3.24 Å². The Morgan fingerprint density at radius 3 is 2.45 bits per heavy atom. The maximum Gasteiger partial charge on any atom is 0.124 e. The molecule has 0 amide bonds. The molecule has 0 aliphatic heterocycles. The van der Waals surface area contributed by atoms with Gasteiger partial charge in [0, 0.05) is 18.6 Å². The summed E-state index contributed by atoms with van der Waals surface area (Å²) in [6.07, 6.45) is 0. The molecule has 11 heavy (non-hydrogen) atoms. The molecule has 1 nitrogen and oxygen atoms in total. The minimum Gasteiger partial charge on any atom is -0.377 e. The van der Waals surface area contributed by atoms with Crippen LogP contribution in [0.25, 0.3) is 0 Å². The third kappa shape index (κ3) is 1.93. The maximum absolute atomic E-state index is 12.6. The fraction of sp³-hybridized carbons (Fsp3) is 0.250. The molecule has 0 fully saturated rings. The van der Waals surface area contributed by atoms with E-state index in [1.54, 1.807) is 6.07 Å². The van der Waals surface area contributed by atoms with Crippen molar-refractivity contribution in [1.82, 2.24) is 0 Å². The number of hydrogen-bond donors (Lipinski definition) is 0. The lowest BCUT2D eigenvalue weighted by molar-refractivity contribution is 0.627. The van der Waals surface area contributed by atoms with Gasteiger partial charge in [-0.1, -0.05) is 0 Å². The van der Waals surface area contributed by atoms with Crippen LogP contribution in [-0.4, -0.2) is 14.1 Å². The van der Waals surface area contributed by atoms with Crippen LogP contribution in [0.15, 0.2) is 22.7 Å². The van der Waals surface area contributed by atoms with Crippen molar-refractivity contribution in [3.63, 3.8) is 0 Å². The van der Waals surface area contributed by atoms with Crippen molar-refractivity contribution in [3.05, 3.63) is 28.5 Å². The van der Waals surface area contributed by atoms with Gasteiger partial charge in [0.05, 0.1) is 5.69 Å². The van der Waals surface area contributed by atoms with E-state index in [9.17, 15) is 4.39 Å². The number of nitrogens with zero attached hydrogens (tertiary/aromatic N) is 1. The molecule has 1 aromatic carbocycles. The molecule has 0 N–H and O–H groups in total. The number of benzene rings is 1. The van der Waals surface area contributed by atoms with E-state index in [2.05, 4.69) is 15.9 Å². The van der Waals surface area contributed by atoms with Gasteiger partial charge in [0.25, 0.3) is 0 Å². The Morgan fingerprint density at radius 1 is 1.36 bits per heavy atom. The van der Waals surface area contributed by atoms with Gasteiger partial charge in [0.15, 0.2) is 0 Å². The molecule has 0 aliphatic carbocycles. The van der Waals surface area contributed by atoms with Gasteiger partial charge in [0.2, 0.25) is 0 Å². The second kappa shape index (κ2) is 3.22. The fourth-order valence-electron chi connectivity index (χ4n) is 0.844. The summed E-state index contributed by atoms with van der Waals surface area (Å²) in [5.74, 6) is -0.220. The van der Waals surface area contributed by atoms with Crippen LogP contribution < -0.4 is 4.90 Å². The molecule has 0 spiro atoms. The van der Waals surface area contributed by atoms with Crippen molar-refractivity contribution in [2.75, 3.05) is 19.0 Å². The average molecular weight is 218 g/mol. The van der Waals surface area contributed by atoms with Crippen molar-refractivity contribution < 1.29 is 4.39 Å². The zero-order chi connectivity index (χ0) is 8.43. The van der Waals surface area contributed by atoms with Gasteiger partial charge < -0.3 is 4.90 Å². The van der Waals surface area contributed by atoms with Gasteiger partial charge in [-0.05, 0) is 34.1 Å². The lowest BCUT2D eigenvalue weighted by Crippen LogP contribution is -2.09. The normalized spacial score (nSPS) is 9.82. The van der Waals surface area contributed by atoms with Gasteiger partial charge in [-0.15, -0.1) is 0 Å². The summed E-state index contributed by atoms with van der Waals surface area (Å²) in [6, 6.07) is 4.63. The molecule has 0 aliphatic rings. The first-order chi connectivity index (χ1) is 5.11. The molecule has 0 bridgehead atoms. The van der Waals surface area contributed by atoms with E-state index in [4.69, 9.17) is 0 Å². The highest BCUT2D eigenvalue weighted by Gasteiger charge is 2.01. The smallest absolute Gasteiger partial charge is 0.124 e. The van der Waals surface area contributed by atoms with Crippen molar-refractivity contribution in [3.8, 4) is 0 Å². The second-order valence-corrected chi connectivity index (χ2v) is 3.34. The molecular weight excluding hydrogens is 209 g/mol. The van der Waals surface area contributed by atoms with Crippen LogP contribution in [-0.2, 0) is 0 Å². The fourth-order valence-corrected chi connectivity index (χ4v) is 1.55. The Balaban J connectivity index is 3.09. The molecule has 3 heteroatoms. The molecule has 60 valence electrons. The minimum absolute atomic E-state index is 0.220. The summed E-state index contributed by atoms with van der Waals surface area (Å²) in [5, 5.41) is 0. The van der Waals surface area contributed by atoms with Crippen LogP contribution >= 0.6 is 15.9 Å². The van der Waals surface area contributed by atoms with E-state index in [1.807, 2.05) is 19.0 Å². The largest absolute Gasteiger partial charge is 0.377 e. The summed E-state index contributed by atoms with van der Waals surface area (Å²) < 4.78 is 13.3. The Labute approximate surface area is 74.0 Å². The lowest BCUT2D eigenvalue weighted by atomic mass is 10.3. The molecule has 1 rings (SSSR count). The summed E-state index contributed by atoms with van der Waals surface area (Å²) in [7, 11) is 3.83. The molecule has 0 unspecified atom stereocenters. The van der Waals surface area contributed by atoms with Gasteiger partial charge in [-0.3, -0.25) is 0 Å². The quantitative estimate of drug-likeness (QED) is 0.700. The van der Waals surface area contributed by atoms with Crippen LogP contribution in [0.1, 0.15) is 0 Å². The van der Waals surface area contributed by atoms with Crippen molar-refractivity contribution >= 4 is 21.6 Å². The second-order valence-electron chi connectivity index (χ2n) is 2.49. The molecule has 0 atom stereocenters. The average Bonchev–Trinajstić information content (AvgIpc) is 1.85. The van der Waals surface area contributed by atoms with Gasteiger partial charge in [-0.25, -0.2) is 4.39 Å². The standard InChI is InChI=1S/C8H9BrFN/c1-11(2)8-4-3-6(10)5-7(8)9/h3-5H,1-2H3. The molecule has 0 radical (unpaired) electrons. The van der Waals surface area contributed by atoms with Crippen molar-refractivity contribution in [2.24, 2.45) is 0 Å². The first kappa shape index (κ1) is 8.53. The zero-order valence-electron chi connectivity index (χ0n) is 6.44. The lowest BCUT2D eigenvalue weighted by Gasteiger charge is -2.13. The monoisotopic (exact) mass is 217 g/mol. The first-order valence-corrected chi connectivity index (χ1v) is 4.03. The molecule has 1 aromatic rings. The molecule has 0 saturated carbocycles. The number of halogens is 2. The Kier molecular flexibility index (Phi) is 2.49. The van der Waals surface area contributed by atoms with Crippen LogP contribution in [0.5, 0.6) is 0 Å². The zero-order valence-corrected chi connectivity index (χ0v) is 8.02. The Hall–Kier alpha value is -0.570. The predicted molar refractivity (Wildman–Crippen MR) is 48.4 cm³/mol. The first-order valence-electron chi connectivity index (χ1n) is 3.23. The third-order valence-corrected chi connectivity index (χ3v) is 2.03. The van der Waals surface area contributed by atoms with Crippen molar-refractivity contribution in [1.29, 1.82) is 0 Å². The highest BCUT2D eigenvalue weighted by atomic mass is 79.9. The van der Waals surface area contributed by atoms with Gasteiger partial charge >= 0.3 is 0 Å². The summed E-state index contributed by atoms with van der Waals surface area (Å²) >= 11 is 3.27. The minimum atomic E-state index is -0.220. The molecule has 0 saturated heterocycles. The van der Waals surface area contributed by atoms with E-state index < -0.39 is 0 Å². The summed E-state index contributed by atoms with van der Waals surface area (Å²) in [6.45, 7) is 0. The molecule has 0 heterocycles. The van der Waals surface area contributed by atoms with Crippen LogP contribution in [0.3, 0.4) is 0 Å². The predicted octanol–water partition coefficient (Wildman–Crippen LogP) is 2.65. The molecule has 0 aromatic heterocycles. The van der Waals surface area contributed by atoms with E-state index in [-0.39, 0.29) is 5.82 Å². The van der Waals surface area contributed by atoms with Gasteiger partial charge in [0.1, 0.15) is 5.82 Å². The third-order valence-electron chi connectivity index (χ3n) is 1.39. The van der Waals surface area contributed by atoms with Crippen molar-refractivity contribution in [2.45, 2.75) is 0 Å².